The van der Waals surface area contributed by atoms with Crippen LogP contribution in [0.2, 0.25) is 0 Å². The maximum Gasteiger partial charge on any atom is 0.141 e. The molecule has 3 heteroatoms. The lowest BCUT2D eigenvalue weighted by Crippen LogP contribution is -1.85. The lowest BCUT2D eigenvalue weighted by molar-refractivity contribution is 0.477. The van der Waals surface area contributed by atoms with Gasteiger partial charge in [-0.15, -0.1) is 0 Å². The van der Waals surface area contributed by atoms with Crippen LogP contribution in [-0.4, -0.2) is 16.3 Å². The van der Waals surface area contributed by atoms with Gasteiger partial charge in [-0.05, 0) is 36.8 Å². The van der Waals surface area contributed by atoms with E-state index in [9.17, 15) is 5.11 Å². The molecule has 2 N–H and O–H groups in total. The molecule has 0 saturated carbocycles. The molecule has 122 valence electrons. The summed E-state index contributed by atoms with van der Waals surface area (Å²) in [5.41, 5.74) is 5.98. The van der Waals surface area contributed by atoms with Crippen LogP contribution >= 0.6 is 0 Å². The Kier molecular flexibility index (Phi) is 3.82. The first-order valence-electron chi connectivity index (χ1n) is 8.22. The van der Waals surface area contributed by atoms with E-state index < -0.39 is 0 Å². The predicted molar refractivity (Wildman–Crippen MR) is 104 cm³/mol. The van der Waals surface area contributed by atoms with E-state index in [-0.39, 0.29) is 5.75 Å². The number of para-hydroxylation sites is 2. The molecule has 25 heavy (non-hydrogen) atoms. The summed E-state index contributed by atoms with van der Waals surface area (Å²) in [6.45, 7) is 2.08. The summed E-state index contributed by atoms with van der Waals surface area (Å²) in [6.07, 6.45) is 1.83. The van der Waals surface area contributed by atoms with Crippen LogP contribution in [0.3, 0.4) is 0 Å². The van der Waals surface area contributed by atoms with Gasteiger partial charge in [0.15, 0.2) is 0 Å². The maximum atomic E-state index is 9.96. The minimum absolute atomic E-state index is 0.177. The van der Waals surface area contributed by atoms with Crippen LogP contribution in [0.5, 0.6) is 5.75 Å². The molecule has 0 unspecified atom stereocenters. The summed E-state index contributed by atoms with van der Waals surface area (Å²) in [7, 11) is 0. The average molecular weight is 326 g/mol. The van der Waals surface area contributed by atoms with Gasteiger partial charge in [0, 0.05) is 22.7 Å². The second-order valence-corrected chi connectivity index (χ2v) is 6.08. The smallest absolute Gasteiger partial charge is 0.141 e. The molecule has 0 aliphatic rings. The number of aromatic amines is 1. The molecule has 0 fully saturated rings. The number of phenols is 1. The van der Waals surface area contributed by atoms with E-state index in [0.29, 0.717) is 5.69 Å². The SMILES string of the molecule is Cc1ccc2[nH]c(-c3ccccc3)c(C=Nc3ccccc3O)c2c1. The molecular formula is C22H18N2O. The Bertz CT molecular complexity index is 1060. The fraction of sp³-hybridized carbons (Fsp3) is 0.0455. The van der Waals surface area contributed by atoms with Gasteiger partial charge in [-0.25, -0.2) is 0 Å². The molecule has 4 aromatic rings. The largest absolute Gasteiger partial charge is 0.506 e. The van der Waals surface area contributed by atoms with Gasteiger partial charge < -0.3 is 10.1 Å². The van der Waals surface area contributed by atoms with Crippen LogP contribution in [0.4, 0.5) is 5.69 Å². The van der Waals surface area contributed by atoms with Gasteiger partial charge in [0.05, 0.1) is 5.69 Å². The van der Waals surface area contributed by atoms with Crippen molar-refractivity contribution in [1.82, 2.24) is 4.98 Å². The highest BCUT2D eigenvalue weighted by Gasteiger charge is 2.12. The molecule has 1 aromatic heterocycles. The number of nitrogens with zero attached hydrogens (tertiary/aromatic N) is 1. The highest BCUT2D eigenvalue weighted by Crippen LogP contribution is 2.31. The third-order valence-corrected chi connectivity index (χ3v) is 4.27. The molecule has 0 bridgehead atoms. The number of nitrogens with one attached hydrogen (secondary N) is 1. The number of fused-ring (bicyclic) bond motifs is 1. The number of aromatic nitrogens is 1. The van der Waals surface area contributed by atoms with Crippen LogP contribution in [0.15, 0.2) is 77.8 Å². The number of benzene rings is 3. The highest BCUT2D eigenvalue weighted by atomic mass is 16.3. The standard InChI is InChI=1S/C22H18N2O/c1-15-11-12-19-17(13-15)18(14-23-20-9-5-6-10-21(20)25)22(24-19)16-7-3-2-4-8-16/h2-14,24-25H,1H3. The number of aryl methyl sites for hydroxylation is 1. The Morgan fingerprint density at radius 1 is 0.920 bits per heavy atom. The lowest BCUT2D eigenvalue weighted by Gasteiger charge is -2.02. The van der Waals surface area contributed by atoms with Crippen LogP contribution in [0.25, 0.3) is 22.2 Å². The first kappa shape index (κ1) is 15.2. The highest BCUT2D eigenvalue weighted by molar-refractivity contribution is 6.06. The van der Waals surface area contributed by atoms with Crippen molar-refractivity contribution in [3.8, 4) is 17.0 Å². The molecule has 3 aromatic carbocycles. The summed E-state index contributed by atoms with van der Waals surface area (Å²) in [4.78, 5) is 8.02. The minimum atomic E-state index is 0.177. The van der Waals surface area contributed by atoms with Gasteiger partial charge >= 0.3 is 0 Å². The molecule has 0 spiro atoms. The van der Waals surface area contributed by atoms with E-state index in [1.807, 2.05) is 30.5 Å². The zero-order chi connectivity index (χ0) is 17.2. The molecule has 0 saturated heterocycles. The number of rotatable bonds is 3. The van der Waals surface area contributed by atoms with Gasteiger partial charge in [0.25, 0.3) is 0 Å². The monoisotopic (exact) mass is 326 g/mol. The van der Waals surface area contributed by atoms with Crippen LogP contribution < -0.4 is 0 Å². The van der Waals surface area contributed by atoms with Crippen molar-refractivity contribution in [3.05, 3.63) is 83.9 Å². The Balaban J connectivity index is 1.91. The molecule has 0 aliphatic heterocycles. The third-order valence-electron chi connectivity index (χ3n) is 4.27. The van der Waals surface area contributed by atoms with Crippen molar-refractivity contribution in [2.75, 3.05) is 0 Å². The fourth-order valence-corrected chi connectivity index (χ4v) is 3.00. The topological polar surface area (TPSA) is 48.4 Å². The zero-order valence-electron chi connectivity index (χ0n) is 13.9. The number of phenolic OH excluding ortho intramolecular Hbond substituents is 1. The second kappa shape index (κ2) is 6.29. The number of hydrogen-bond acceptors (Lipinski definition) is 2. The number of H-pyrrole nitrogens is 1. The summed E-state index contributed by atoms with van der Waals surface area (Å²) >= 11 is 0. The summed E-state index contributed by atoms with van der Waals surface area (Å²) in [5, 5.41) is 11.1. The third kappa shape index (κ3) is 2.92. The van der Waals surface area contributed by atoms with E-state index in [2.05, 4.69) is 47.2 Å². The first-order valence-corrected chi connectivity index (χ1v) is 8.22. The lowest BCUT2D eigenvalue weighted by atomic mass is 10.0. The summed E-state index contributed by atoms with van der Waals surface area (Å²) in [5.74, 6) is 0.177. The first-order chi connectivity index (χ1) is 12.2. The Hall–Kier alpha value is -3.33. The van der Waals surface area contributed by atoms with Gasteiger partial charge in [-0.2, -0.15) is 0 Å². The van der Waals surface area contributed by atoms with E-state index in [0.717, 1.165) is 27.7 Å². The van der Waals surface area contributed by atoms with Gasteiger partial charge in [-0.1, -0.05) is 54.1 Å². The molecule has 0 atom stereocenters. The van der Waals surface area contributed by atoms with Gasteiger partial charge in [0.1, 0.15) is 11.4 Å². The number of aliphatic imine (C=N–C) groups is 1. The summed E-state index contributed by atoms with van der Waals surface area (Å²) in [6, 6.07) is 23.7. The number of aromatic hydroxyl groups is 1. The Labute approximate surface area is 146 Å². The van der Waals surface area contributed by atoms with Crippen LogP contribution in [-0.2, 0) is 0 Å². The molecule has 3 nitrogen and oxygen atoms in total. The molecule has 0 amide bonds. The Morgan fingerprint density at radius 3 is 2.48 bits per heavy atom. The van der Waals surface area contributed by atoms with Gasteiger partial charge in [-0.3, -0.25) is 4.99 Å². The molecule has 4 rings (SSSR count). The molecule has 1 heterocycles. The zero-order valence-corrected chi connectivity index (χ0v) is 13.9. The Morgan fingerprint density at radius 2 is 1.68 bits per heavy atom. The van der Waals surface area contributed by atoms with Crippen molar-refractivity contribution in [2.45, 2.75) is 6.92 Å². The van der Waals surface area contributed by atoms with Gasteiger partial charge in [0.2, 0.25) is 0 Å². The van der Waals surface area contributed by atoms with Crippen molar-refractivity contribution >= 4 is 22.8 Å². The second-order valence-electron chi connectivity index (χ2n) is 6.08. The number of hydrogen-bond donors (Lipinski definition) is 2. The molecular weight excluding hydrogens is 308 g/mol. The normalized spacial score (nSPS) is 11.4. The average Bonchev–Trinajstić information content (AvgIpc) is 2.99. The van der Waals surface area contributed by atoms with E-state index in [1.54, 1.807) is 18.2 Å². The van der Waals surface area contributed by atoms with Crippen molar-refractivity contribution < 1.29 is 5.11 Å². The van der Waals surface area contributed by atoms with Crippen molar-refractivity contribution in [1.29, 1.82) is 0 Å². The van der Waals surface area contributed by atoms with E-state index in [4.69, 9.17) is 0 Å². The minimum Gasteiger partial charge on any atom is -0.506 e. The van der Waals surface area contributed by atoms with Crippen LogP contribution in [0, 0.1) is 6.92 Å². The maximum absolute atomic E-state index is 9.96. The molecule has 0 radical (unpaired) electrons. The van der Waals surface area contributed by atoms with Crippen molar-refractivity contribution in [3.63, 3.8) is 0 Å². The van der Waals surface area contributed by atoms with Crippen LogP contribution in [0.1, 0.15) is 11.1 Å². The van der Waals surface area contributed by atoms with E-state index >= 15 is 0 Å². The van der Waals surface area contributed by atoms with Crippen molar-refractivity contribution in [2.24, 2.45) is 4.99 Å². The quantitative estimate of drug-likeness (QED) is 0.473. The fourth-order valence-electron chi connectivity index (χ4n) is 3.00. The predicted octanol–water partition coefficient (Wildman–Crippen LogP) is 5.60. The van der Waals surface area contributed by atoms with E-state index in [1.165, 1.54) is 5.56 Å². The molecule has 0 aliphatic carbocycles. The summed E-state index contributed by atoms with van der Waals surface area (Å²) < 4.78 is 0.